The summed E-state index contributed by atoms with van der Waals surface area (Å²) < 4.78 is 7.27. The zero-order valence-corrected chi connectivity index (χ0v) is 17.0. The number of nitrogens with zero attached hydrogens (tertiary/aromatic N) is 4. The van der Waals surface area contributed by atoms with Crippen LogP contribution in [-0.4, -0.2) is 63.4 Å². The van der Waals surface area contributed by atoms with Gasteiger partial charge in [0.15, 0.2) is 0 Å². The highest BCUT2D eigenvalue weighted by Gasteiger charge is 2.33. The SMILES string of the molecule is CN(C(=O)c1ccc(Cn2cccn2)cc1)[C@@H]1CCN(C(=O)OC(C)(C)C)C1. The monoisotopic (exact) mass is 384 g/mol. The molecule has 2 aromatic rings. The highest BCUT2D eigenvalue weighted by atomic mass is 16.6. The maximum atomic E-state index is 12.8. The molecule has 2 amide bonds. The number of carbonyl (C=O) groups excluding carboxylic acids is 2. The first kappa shape index (κ1) is 19.9. The van der Waals surface area contributed by atoms with Crippen molar-refractivity contribution in [2.75, 3.05) is 20.1 Å². The molecule has 3 rings (SSSR count). The van der Waals surface area contributed by atoms with Crippen LogP contribution in [0.15, 0.2) is 42.7 Å². The van der Waals surface area contributed by atoms with E-state index in [1.54, 1.807) is 23.0 Å². The van der Waals surface area contributed by atoms with Crippen LogP contribution in [0.3, 0.4) is 0 Å². The maximum absolute atomic E-state index is 12.8. The smallest absolute Gasteiger partial charge is 0.410 e. The Morgan fingerprint density at radius 1 is 1.25 bits per heavy atom. The number of ether oxygens (including phenoxy) is 1. The molecule has 1 atom stereocenters. The normalized spacial score (nSPS) is 16.9. The van der Waals surface area contributed by atoms with Gasteiger partial charge in [0.25, 0.3) is 5.91 Å². The molecule has 1 aliphatic heterocycles. The number of amides is 2. The summed E-state index contributed by atoms with van der Waals surface area (Å²) in [6.07, 6.45) is 4.08. The van der Waals surface area contributed by atoms with Gasteiger partial charge in [0.2, 0.25) is 0 Å². The lowest BCUT2D eigenvalue weighted by atomic mass is 10.1. The van der Waals surface area contributed by atoms with Crippen LogP contribution in [0, 0.1) is 0 Å². The molecule has 7 nitrogen and oxygen atoms in total. The van der Waals surface area contributed by atoms with E-state index >= 15 is 0 Å². The van der Waals surface area contributed by atoms with Gasteiger partial charge in [-0.3, -0.25) is 9.48 Å². The predicted molar refractivity (Wildman–Crippen MR) is 106 cm³/mol. The van der Waals surface area contributed by atoms with Gasteiger partial charge in [0.1, 0.15) is 5.60 Å². The van der Waals surface area contributed by atoms with Crippen LogP contribution in [0.1, 0.15) is 43.1 Å². The van der Waals surface area contributed by atoms with Crippen molar-refractivity contribution in [2.24, 2.45) is 0 Å². The quantitative estimate of drug-likeness (QED) is 0.813. The Balaban J connectivity index is 1.57. The Bertz CT molecular complexity index is 809. The molecular formula is C21H28N4O3. The number of hydrogen-bond donors (Lipinski definition) is 0. The van der Waals surface area contributed by atoms with Gasteiger partial charge in [0.05, 0.1) is 12.6 Å². The van der Waals surface area contributed by atoms with Crippen LogP contribution >= 0.6 is 0 Å². The maximum Gasteiger partial charge on any atom is 0.410 e. The number of aromatic nitrogens is 2. The third-order valence-electron chi connectivity index (χ3n) is 4.79. The molecule has 2 heterocycles. The lowest BCUT2D eigenvalue weighted by Crippen LogP contribution is -2.41. The summed E-state index contributed by atoms with van der Waals surface area (Å²) in [5.74, 6) is -0.0401. The third-order valence-corrected chi connectivity index (χ3v) is 4.79. The second kappa shape index (κ2) is 8.04. The van der Waals surface area contributed by atoms with Crippen molar-refractivity contribution < 1.29 is 14.3 Å². The molecule has 0 radical (unpaired) electrons. The zero-order chi connectivity index (χ0) is 20.3. The van der Waals surface area contributed by atoms with E-state index in [9.17, 15) is 9.59 Å². The van der Waals surface area contributed by atoms with Crippen molar-refractivity contribution in [3.05, 3.63) is 53.9 Å². The van der Waals surface area contributed by atoms with Gasteiger partial charge in [-0.1, -0.05) is 12.1 Å². The topological polar surface area (TPSA) is 67.7 Å². The summed E-state index contributed by atoms with van der Waals surface area (Å²) in [4.78, 5) is 28.5. The minimum absolute atomic E-state index is 0.0104. The Labute approximate surface area is 165 Å². The Morgan fingerprint density at radius 2 is 1.96 bits per heavy atom. The Hall–Kier alpha value is -2.83. The molecular weight excluding hydrogens is 356 g/mol. The van der Waals surface area contributed by atoms with E-state index in [4.69, 9.17) is 4.74 Å². The lowest BCUT2D eigenvalue weighted by molar-refractivity contribution is 0.0279. The van der Waals surface area contributed by atoms with Crippen LogP contribution in [0.4, 0.5) is 4.79 Å². The van der Waals surface area contributed by atoms with Gasteiger partial charge in [-0.15, -0.1) is 0 Å². The fraction of sp³-hybridized carbons (Fsp3) is 0.476. The molecule has 28 heavy (non-hydrogen) atoms. The van der Waals surface area contributed by atoms with Crippen molar-refractivity contribution in [3.63, 3.8) is 0 Å². The van der Waals surface area contributed by atoms with E-state index < -0.39 is 5.60 Å². The molecule has 0 aliphatic carbocycles. The summed E-state index contributed by atoms with van der Waals surface area (Å²) in [5, 5.41) is 4.19. The van der Waals surface area contributed by atoms with E-state index in [1.807, 2.05) is 62.0 Å². The van der Waals surface area contributed by atoms with Gasteiger partial charge in [-0.25, -0.2) is 4.79 Å². The highest BCUT2D eigenvalue weighted by molar-refractivity contribution is 5.94. The fourth-order valence-electron chi connectivity index (χ4n) is 3.25. The first-order valence-corrected chi connectivity index (χ1v) is 9.54. The van der Waals surface area contributed by atoms with Crippen molar-refractivity contribution in [1.29, 1.82) is 0 Å². The number of hydrogen-bond acceptors (Lipinski definition) is 4. The van der Waals surface area contributed by atoms with Gasteiger partial charge < -0.3 is 14.5 Å². The predicted octanol–water partition coefficient (Wildman–Crippen LogP) is 3.01. The highest BCUT2D eigenvalue weighted by Crippen LogP contribution is 2.20. The van der Waals surface area contributed by atoms with Crippen molar-refractivity contribution in [2.45, 2.75) is 45.4 Å². The molecule has 0 spiro atoms. The van der Waals surface area contributed by atoms with E-state index in [0.29, 0.717) is 25.2 Å². The third kappa shape index (κ3) is 4.91. The number of likely N-dealkylation sites (tertiary alicyclic amines) is 1. The first-order valence-electron chi connectivity index (χ1n) is 9.54. The average Bonchev–Trinajstić information content (AvgIpc) is 3.31. The van der Waals surface area contributed by atoms with Gasteiger partial charge >= 0.3 is 6.09 Å². The van der Waals surface area contributed by atoms with Crippen LogP contribution in [0.5, 0.6) is 0 Å². The minimum atomic E-state index is -0.519. The molecule has 0 N–H and O–H groups in total. The molecule has 0 bridgehead atoms. The van der Waals surface area contributed by atoms with Crippen molar-refractivity contribution >= 4 is 12.0 Å². The standard InChI is InChI=1S/C21H28N4O3/c1-21(2,3)28-20(27)24-13-10-18(15-24)23(4)19(26)17-8-6-16(7-9-17)14-25-12-5-11-22-25/h5-9,11-12,18H,10,13-15H2,1-4H3/t18-/m1/s1. The average molecular weight is 384 g/mol. The number of likely N-dealkylation sites (N-methyl/N-ethyl adjacent to an activating group) is 1. The van der Waals surface area contributed by atoms with Crippen LogP contribution in [0.25, 0.3) is 0 Å². The van der Waals surface area contributed by atoms with Crippen molar-refractivity contribution in [3.8, 4) is 0 Å². The van der Waals surface area contributed by atoms with Crippen molar-refractivity contribution in [1.82, 2.24) is 19.6 Å². The van der Waals surface area contributed by atoms with Gasteiger partial charge in [0, 0.05) is 38.1 Å². The fourth-order valence-corrected chi connectivity index (χ4v) is 3.25. The number of rotatable bonds is 4. The van der Waals surface area contributed by atoms with Crippen LogP contribution in [0.2, 0.25) is 0 Å². The molecule has 0 saturated carbocycles. The minimum Gasteiger partial charge on any atom is -0.444 e. The summed E-state index contributed by atoms with van der Waals surface area (Å²) in [7, 11) is 1.79. The van der Waals surface area contributed by atoms with E-state index in [2.05, 4.69) is 5.10 Å². The van der Waals surface area contributed by atoms with Crippen LogP contribution in [-0.2, 0) is 11.3 Å². The summed E-state index contributed by atoms with van der Waals surface area (Å²) in [5.41, 5.74) is 1.21. The van der Waals surface area contributed by atoms with E-state index in [1.165, 1.54) is 0 Å². The molecule has 1 aliphatic rings. The molecule has 1 saturated heterocycles. The molecule has 1 aromatic heterocycles. The second-order valence-electron chi connectivity index (χ2n) is 8.19. The molecule has 0 unspecified atom stereocenters. The molecule has 150 valence electrons. The Kier molecular flexibility index (Phi) is 5.72. The zero-order valence-electron chi connectivity index (χ0n) is 17.0. The summed E-state index contributed by atoms with van der Waals surface area (Å²) >= 11 is 0. The lowest BCUT2D eigenvalue weighted by Gasteiger charge is -2.27. The molecule has 1 aromatic carbocycles. The summed E-state index contributed by atoms with van der Waals surface area (Å²) in [6.45, 7) is 7.32. The van der Waals surface area contributed by atoms with Gasteiger partial charge in [-0.05, 0) is 51.0 Å². The van der Waals surface area contributed by atoms with Crippen LogP contribution < -0.4 is 0 Å². The summed E-state index contributed by atoms with van der Waals surface area (Å²) in [6, 6.07) is 9.46. The van der Waals surface area contributed by atoms with E-state index in [-0.39, 0.29) is 18.0 Å². The second-order valence-corrected chi connectivity index (χ2v) is 8.19. The van der Waals surface area contributed by atoms with E-state index in [0.717, 1.165) is 12.0 Å². The number of benzene rings is 1. The number of carbonyl (C=O) groups is 2. The first-order chi connectivity index (χ1) is 13.2. The molecule has 1 fully saturated rings. The molecule has 7 heteroatoms. The van der Waals surface area contributed by atoms with Gasteiger partial charge in [-0.2, -0.15) is 5.10 Å². The largest absolute Gasteiger partial charge is 0.444 e. The Morgan fingerprint density at radius 3 is 2.57 bits per heavy atom.